The summed E-state index contributed by atoms with van der Waals surface area (Å²) in [6.07, 6.45) is 2.07. The van der Waals surface area contributed by atoms with E-state index < -0.39 is 36.2 Å². The van der Waals surface area contributed by atoms with Crippen LogP contribution in [0.3, 0.4) is 0 Å². The summed E-state index contributed by atoms with van der Waals surface area (Å²) in [4.78, 5) is 33.7. The number of esters is 3. The molecule has 0 spiro atoms. The molecule has 0 radical (unpaired) electrons. The summed E-state index contributed by atoms with van der Waals surface area (Å²) < 4.78 is 15.6. The van der Waals surface area contributed by atoms with Crippen LogP contribution in [0.5, 0.6) is 0 Å². The van der Waals surface area contributed by atoms with Crippen LogP contribution in [0.4, 0.5) is 0 Å². The van der Waals surface area contributed by atoms with Crippen molar-refractivity contribution in [1.82, 2.24) is 0 Å². The average molecular weight is 298 g/mol. The van der Waals surface area contributed by atoms with Crippen LogP contribution < -0.4 is 0 Å². The summed E-state index contributed by atoms with van der Waals surface area (Å²) in [5.74, 6) is -1.46. The fourth-order valence-corrected chi connectivity index (χ4v) is 2.33. The Balaban J connectivity index is 2.97. The van der Waals surface area contributed by atoms with Crippen molar-refractivity contribution in [2.75, 3.05) is 0 Å². The predicted octanol–water partition coefficient (Wildman–Crippen LogP) is 1.91. The van der Waals surface area contributed by atoms with Crippen LogP contribution in [0.25, 0.3) is 0 Å². The zero-order valence-electron chi connectivity index (χ0n) is 12.9. The zero-order valence-corrected chi connectivity index (χ0v) is 12.9. The number of hydrogen-bond acceptors (Lipinski definition) is 6. The van der Waals surface area contributed by atoms with Crippen LogP contribution in [-0.4, -0.2) is 36.2 Å². The summed E-state index contributed by atoms with van der Waals surface area (Å²) in [5.41, 5.74) is 0.824. The van der Waals surface area contributed by atoms with Gasteiger partial charge in [-0.05, 0) is 24.5 Å². The van der Waals surface area contributed by atoms with E-state index in [0.29, 0.717) is 6.42 Å². The highest BCUT2D eigenvalue weighted by Crippen LogP contribution is 2.31. The van der Waals surface area contributed by atoms with Crippen LogP contribution in [-0.2, 0) is 28.6 Å². The van der Waals surface area contributed by atoms with Crippen molar-refractivity contribution in [2.45, 2.75) is 65.3 Å². The van der Waals surface area contributed by atoms with Crippen molar-refractivity contribution < 1.29 is 28.6 Å². The van der Waals surface area contributed by atoms with Crippen LogP contribution >= 0.6 is 0 Å². The van der Waals surface area contributed by atoms with Gasteiger partial charge in [-0.3, -0.25) is 14.4 Å². The van der Waals surface area contributed by atoms with Crippen molar-refractivity contribution in [3.05, 3.63) is 11.6 Å². The Morgan fingerprint density at radius 1 is 1.00 bits per heavy atom. The Morgan fingerprint density at radius 3 is 2.05 bits per heavy atom. The average Bonchev–Trinajstić information content (AvgIpc) is 2.63. The molecule has 0 aromatic carbocycles. The van der Waals surface area contributed by atoms with Gasteiger partial charge in [-0.2, -0.15) is 0 Å². The van der Waals surface area contributed by atoms with Gasteiger partial charge in [0.05, 0.1) is 0 Å². The summed E-state index contributed by atoms with van der Waals surface area (Å²) in [6.45, 7) is 5.88. The first-order chi connectivity index (χ1) is 9.85. The van der Waals surface area contributed by atoms with Gasteiger partial charge in [-0.25, -0.2) is 0 Å². The SMILES string of the molecule is CCCCC1=C[C@H](OC(C)=O)[C@@H](OC(C)=O)[C@@H]1OC(C)=O. The molecule has 3 atom stereocenters. The molecule has 0 aromatic heterocycles. The molecule has 0 aliphatic heterocycles. The smallest absolute Gasteiger partial charge is 0.303 e. The monoisotopic (exact) mass is 298 g/mol. The van der Waals surface area contributed by atoms with Gasteiger partial charge >= 0.3 is 17.9 Å². The standard InChI is InChI=1S/C15H22O6/c1-5-6-7-12-8-13(19-9(2)16)15(21-11(4)18)14(12)20-10(3)17/h8,13-15H,5-7H2,1-4H3/t13-,14+,15+/m0/s1. The molecule has 118 valence electrons. The molecule has 0 N–H and O–H groups in total. The number of ether oxygens (including phenoxy) is 3. The summed E-state index contributed by atoms with van der Waals surface area (Å²) in [6, 6.07) is 0. The van der Waals surface area contributed by atoms with Crippen molar-refractivity contribution in [1.29, 1.82) is 0 Å². The summed E-state index contributed by atoms with van der Waals surface area (Å²) in [5, 5.41) is 0. The molecule has 0 bridgehead atoms. The topological polar surface area (TPSA) is 78.9 Å². The second-order valence-electron chi connectivity index (χ2n) is 5.02. The van der Waals surface area contributed by atoms with E-state index in [2.05, 4.69) is 0 Å². The molecular formula is C15H22O6. The Hall–Kier alpha value is -1.85. The molecule has 0 aromatic rings. The largest absolute Gasteiger partial charge is 0.454 e. The van der Waals surface area contributed by atoms with Gasteiger partial charge in [0, 0.05) is 20.8 Å². The normalized spacial score (nSPS) is 24.2. The maximum absolute atomic E-state index is 11.3. The lowest BCUT2D eigenvalue weighted by Crippen LogP contribution is -2.40. The lowest BCUT2D eigenvalue weighted by molar-refractivity contribution is -0.173. The molecule has 0 saturated carbocycles. The molecule has 6 heteroatoms. The molecule has 21 heavy (non-hydrogen) atoms. The summed E-state index contributed by atoms with van der Waals surface area (Å²) >= 11 is 0. The lowest BCUT2D eigenvalue weighted by atomic mass is 10.1. The lowest BCUT2D eigenvalue weighted by Gasteiger charge is -2.25. The first-order valence-electron chi connectivity index (χ1n) is 7.07. The number of carbonyl (C=O) groups excluding carboxylic acids is 3. The predicted molar refractivity (Wildman–Crippen MR) is 74.3 cm³/mol. The highest BCUT2D eigenvalue weighted by molar-refractivity contribution is 5.69. The molecule has 0 heterocycles. The maximum Gasteiger partial charge on any atom is 0.303 e. The number of hydrogen-bond donors (Lipinski definition) is 0. The van der Waals surface area contributed by atoms with Crippen molar-refractivity contribution >= 4 is 17.9 Å². The van der Waals surface area contributed by atoms with E-state index in [1.165, 1.54) is 20.8 Å². The van der Waals surface area contributed by atoms with Gasteiger partial charge in [-0.15, -0.1) is 0 Å². The first kappa shape index (κ1) is 17.2. The van der Waals surface area contributed by atoms with Crippen molar-refractivity contribution in [2.24, 2.45) is 0 Å². The molecular weight excluding hydrogens is 276 g/mol. The van der Waals surface area contributed by atoms with Crippen LogP contribution in [0.1, 0.15) is 47.0 Å². The van der Waals surface area contributed by atoms with Gasteiger partial charge in [0.2, 0.25) is 0 Å². The molecule has 1 aliphatic carbocycles. The molecule has 0 saturated heterocycles. The van der Waals surface area contributed by atoms with Crippen molar-refractivity contribution in [3.63, 3.8) is 0 Å². The minimum Gasteiger partial charge on any atom is -0.454 e. The Labute approximate surface area is 124 Å². The Morgan fingerprint density at radius 2 is 1.57 bits per heavy atom. The zero-order chi connectivity index (χ0) is 16.0. The van der Waals surface area contributed by atoms with Crippen LogP contribution in [0.2, 0.25) is 0 Å². The van der Waals surface area contributed by atoms with E-state index in [-0.39, 0.29) is 0 Å². The fourth-order valence-electron chi connectivity index (χ4n) is 2.33. The molecule has 0 fully saturated rings. The maximum atomic E-state index is 11.3. The van der Waals surface area contributed by atoms with E-state index in [1.54, 1.807) is 6.08 Å². The minimum absolute atomic E-state index is 0.469. The summed E-state index contributed by atoms with van der Waals surface area (Å²) in [7, 11) is 0. The molecule has 0 unspecified atom stereocenters. The van der Waals surface area contributed by atoms with E-state index >= 15 is 0 Å². The van der Waals surface area contributed by atoms with Crippen molar-refractivity contribution in [3.8, 4) is 0 Å². The van der Waals surface area contributed by atoms with Gasteiger partial charge in [0.25, 0.3) is 0 Å². The van der Waals surface area contributed by atoms with Gasteiger partial charge in [-0.1, -0.05) is 13.3 Å². The second-order valence-corrected chi connectivity index (χ2v) is 5.02. The number of rotatable bonds is 6. The molecule has 0 amide bonds. The van der Waals surface area contributed by atoms with E-state index in [1.807, 2.05) is 6.92 Å². The second kappa shape index (κ2) is 7.81. The van der Waals surface area contributed by atoms with Gasteiger partial charge in [0.15, 0.2) is 18.3 Å². The molecule has 1 aliphatic rings. The minimum atomic E-state index is -0.817. The van der Waals surface area contributed by atoms with Crippen LogP contribution in [0.15, 0.2) is 11.6 Å². The highest BCUT2D eigenvalue weighted by Gasteiger charge is 2.43. The fraction of sp³-hybridized carbons (Fsp3) is 0.667. The van der Waals surface area contributed by atoms with E-state index in [9.17, 15) is 14.4 Å². The van der Waals surface area contributed by atoms with Gasteiger partial charge in [0.1, 0.15) is 0 Å². The number of unbranched alkanes of at least 4 members (excludes halogenated alkanes) is 1. The third kappa shape index (κ3) is 5.21. The first-order valence-corrected chi connectivity index (χ1v) is 7.07. The highest BCUT2D eigenvalue weighted by atomic mass is 16.6. The molecule has 6 nitrogen and oxygen atoms in total. The van der Waals surface area contributed by atoms with E-state index in [0.717, 1.165) is 18.4 Å². The Bertz CT molecular complexity index is 439. The van der Waals surface area contributed by atoms with E-state index in [4.69, 9.17) is 14.2 Å². The molecule has 1 rings (SSSR count). The third-order valence-electron chi connectivity index (χ3n) is 3.08. The number of carbonyl (C=O) groups is 3. The Kier molecular flexibility index (Phi) is 6.39. The van der Waals surface area contributed by atoms with Gasteiger partial charge < -0.3 is 14.2 Å². The third-order valence-corrected chi connectivity index (χ3v) is 3.08. The van der Waals surface area contributed by atoms with Crippen LogP contribution in [0, 0.1) is 0 Å². The quantitative estimate of drug-likeness (QED) is 0.423.